The molecule has 0 aliphatic carbocycles. The van der Waals surface area contributed by atoms with E-state index in [1.54, 1.807) is 0 Å². The molecule has 2 aromatic rings. The molecule has 102 valence electrons. The van der Waals surface area contributed by atoms with E-state index < -0.39 is 0 Å². The first-order valence-electron chi connectivity index (χ1n) is 6.52. The van der Waals surface area contributed by atoms with Crippen LogP contribution in [0.2, 0.25) is 0 Å². The van der Waals surface area contributed by atoms with Gasteiger partial charge in [-0.2, -0.15) is 0 Å². The fourth-order valence-corrected chi connectivity index (χ4v) is 2.97. The molecule has 0 aromatic heterocycles. The average molecular weight is 333 g/mol. The fourth-order valence-electron chi connectivity index (χ4n) is 2.62. The zero-order valence-corrected chi connectivity index (χ0v) is 12.3. The minimum Gasteiger partial charge on any atom is -0.454 e. The van der Waals surface area contributed by atoms with E-state index in [-0.39, 0.29) is 0 Å². The third-order valence-electron chi connectivity index (χ3n) is 3.57. The average Bonchev–Trinajstić information content (AvgIpc) is 2.94. The van der Waals surface area contributed by atoms with Crippen molar-refractivity contribution < 1.29 is 9.47 Å². The molecular weight excluding hydrogens is 320 g/mol. The Bertz CT molecular complexity index is 675. The number of nitrogens with one attached hydrogen (secondary N) is 1. The minimum absolute atomic E-state index is 0.308. The van der Waals surface area contributed by atoms with Gasteiger partial charge in [-0.3, -0.25) is 0 Å². The molecule has 0 fully saturated rings. The van der Waals surface area contributed by atoms with Gasteiger partial charge in [0.15, 0.2) is 11.5 Å². The molecule has 0 saturated heterocycles. The Kier molecular flexibility index (Phi) is 2.73. The molecule has 20 heavy (non-hydrogen) atoms. The molecule has 5 heteroatoms. The maximum Gasteiger partial charge on any atom is 0.231 e. The van der Waals surface area contributed by atoms with E-state index in [1.165, 1.54) is 5.69 Å². The number of anilines is 3. The molecular formula is C15H13BrN2O2. The molecule has 4 rings (SSSR count). The van der Waals surface area contributed by atoms with Gasteiger partial charge in [0.1, 0.15) is 0 Å². The summed E-state index contributed by atoms with van der Waals surface area (Å²) >= 11 is 3.54. The van der Waals surface area contributed by atoms with E-state index in [4.69, 9.17) is 9.47 Å². The highest BCUT2D eigenvalue weighted by Gasteiger charge is 2.21. The Morgan fingerprint density at radius 3 is 2.90 bits per heavy atom. The number of fused-ring (bicyclic) bond motifs is 2. The normalized spacial score (nSPS) is 15.8. The second kappa shape index (κ2) is 4.59. The van der Waals surface area contributed by atoms with Gasteiger partial charge >= 0.3 is 0 Å². The number of hydrogen-bond donors (Lipinski definition) is 1. The summed E-state index contributed by atoms with van der Waals surface area (Å²) in [7, 11) is 0. The summed E-state index contributed by atoms with van der Waals surface area (Å²) in [5.74, 6) is 1.64. The predicted molar refractivity (Wildman–Crippen MR) is 82.2 cm³/mol. The lowest BCUT2D eigenvalue weighted by Gasteiger charge is -2.32. The lowest BCUT2D eigenvalue weighted by molar-refractivity contribution is 0.174. The first-order chi connectivity index (χ1) is 9.81. The molecule has 2 heterocycles. The molecule has 0 radical (unpaired) electrons. The van der Waals surface area contributed by atoms with Crippen LogP contribution in [0.5, 0.6) is 11.5 Å². The van der Waals surface area contributed by atoms with Crippen molar-refractivity contribution in [3.05, 3.63) is 40.9 Å². The van der Waals surface area contributed by atoms with Crippen molar-refractivity contribution >= 4 is 33.0 Å². The molecule has 0 saturated carbocycles. The van der Waals surface area contributed by atoms with Crippen molar-refractivity contribution in [3.8, 4) is 11.5 Å². The predicted octanol–water partition coefficient (Wildman–Crippen LogP) is 3.74. The molecule has 2 aliphatic rings. The minimum atomic E-state index is 0.308. The van der Waals surface area contributed by atoms with E-state index in [1.807, 2.05) is 12.1 Å². The van der Waals surface area contributed by atoms with Crippen molar-refractivity contribution in [2.24, 2.45) is 0 Å². The molecule has 1 N–H and O–H groups in total. The van der Waals surface area contributed by atoms with Crippen molar-refractivity contribution in [2.75, 3.05) is 30.1 Å². The molecule has 2 aliphatic heterocycles. The largest absolute Gasteiger partial charge is 0.454 e. The number of ether oxygens (including phenoxy) is 2. The van der Waals surface area contributed by atoms with Gasteiger partial charge in [-0.1, -0.05) is 15.9 Å². The van der Waals surface area contributed by atoms with E-state index in [0.29, 0.717) is 6.79 Å². The molecule has 0 bridgehead atoms. The van der Waals surface area contributed by atoms with Gasteiger partial charge in [-0.25, -0.2) is 0 Å². The highest BCUT2D eigenvalue weighted by Crippen LogP contribution is 2.41. The van der Waals surface area contributed by atoms with Gasteiger partial charge in [0, 0.05) is 29.3 Å². The number of halogens is 1. The number of benzene rings is 2. The van der Waals surface area contributed by atoms with Gasteiger partial charge in [-0.05, 0) is 30.3 Å². The molecule has 0 amide bonds. The van der Waals surface area contributed by atoms with Gasteiger partial charge in [0.2, 0.25) is 6.79 Å². The van der Waals surface area contributed by atoms with Crippen LogP contribution in [-0.2, 0) is 0 Å². The van der Waals surface area contributed by atoms with Crippen molar-refractivity contribution in [1.29, 1.82) is 0 Å². The SMILES string of the molecule is Brc1ccc2c(c1)N(c1ccc3c(c1)OCO3)CCN2. The summed E-state index contributed by atoms with van der Waals surface area (Å²) in [5.41, 5.74) is 3.44. The van der Waals surface area contributed by atoms with Crippen LogP contribution >= 0.6 is 15.9 Å². The van der Waals surface area contributed by atoms with Crippen molar-refractivity contribution in [2.45, 2.75) is 0 Å². The number of nitrogens with zero attached hydrogens (tertiary/aromatic N) is 1. The van der Waals surface area contributed by atoms with Gasteiger partial charge in [0.25, 0.3) is 0 Å². The molecule has 0 atom stereocenters. The van der Waals surface area contributed by atoms with Crippen LogP contribution in [0.3, 0.4) is 0 Å². The lowest BCUT2D eigenvalue weighted by atomic mass is 10.1. The summed E-state index contributed by atoms with van der Waals surface area (Å²) < 4.78 is 11.9. The maximum atomic E-state index is 5.47. The van der Waals surface area contributed by atoms with Crippen molar-refractivity contribution in [1.82, 2.24) is 0 Å². The summed E-state index contributed by atoms with van der Waals surface area (Å²) in [6, 6.07) is 12.4. The van der Waals surface area contributed by atoms with E-state index in [0.717, 1.165) is 40.4 Å². The summed E-state index contributed by atoms with van der Waals surface area (Å²) in [6.45, 7) is 2.15. The van der Waals surface area contributed by atoms with E-state index in [9.17, 15) is 0 Å². The standard InChI is InChI=1S/C15H13BrN2O2/c16-10-1-3-12-13(7-10)18(6-5-17-12)11-2-4-14-15(8-11)20-9-19-14/h1-4,7-8,17H,5-6,9H2. The van der Waals surface area contributed by atoms with Gasteiger partial charge in [-0.15, -0.1) is 0 Å². The zero-order valence-electron chi connectivity index (χ0n) is 10.7. The van der Waals surface area contributed by atoms with Crippen LogP contribution in [0.4, 0.5) is 17.1 Å². The quantitative estimate of drug-likeness (QED) is 0.862. The smallest absolute Gasteiger partial charge is 0.231 e. The lowest BCUT2D eigenvalue weighted by Crippen LogP contribution is -2.30. The Morgan fingerprint density at radius 1 is 1.05 bits per heavy atom. The zero-order chi connectivity index (χ0) is 13.5. The fraction of sp³-hybridized carbons (Fsp3) is 0.200. The summed E-state index contributed by atoms with van der Waals surface area (Å²) in [4.78, 5) is 2.29. The summed E-state index contributed by atoms with van der Waals surface area (Å²) in [5, 5.41) is 3.42. The monoisotopic (exact) mass is 332 g/mol. The van der Waals surface area contributed by atoms with Crippen LogP contribution in [0.15, 0.2) is 40.9 Å². The Labute approximate surface area is 125 Å². The third-order valence-corrected chi connectivity index (χ3v) is 4.06. The van der Waals surface area contributed by atoms with Crippen LogP contribution < -0.4 is 19.7 Å². The van der Waals surface area contributed by atoms with Crippen LogP contribution in [0, 0.1) is 0 Å². The van der Waals surface area contributed by atoms with E-state index in [2.05, 4.69) is 50.4 Å². The molecule has 4 nitrogen and oxygen atoms in total. The summed E-state index contributed by atoms with van der Waals surface area (Å²) in [6.07, 6.45) is 0. The second-order valence-electron chi connectivity index (χ2n) is 4.78. The number of hydrogen-bond acceptors (Lipinski definition) is 4. The highest BCUT2D eigenvalue weighted by atomic mass is 79.9. The highest BCUT2D eigenvalue weighted by molar-refractivity contribution is 9.10. The van der Waals surface area contributed by atoms with Gasteiger partial charge in [0.05, 0.1) is 11.4 Å². The van der Waals surface area contributed by atoms with Gasteiger partial charge < -0.3 is 19.7 Å². The second-order valence-corrected chi connectivity index (χ2v) is 5.69. The Balaban J connectivity index is 1.78. The topological polar surface area (TPSA) is 33.7 Å². The number of rotatable bonds is 1. The Morgan fingerprint density at radius 2 is 1.95 bits per heavy atom. The molecule has 2 aromatic carbocycles. The first-order valence-corrected chi connectivity index (χ1v) is 7.31. The Hall–Kier alpha value is -1.88. The van der Waals surface area contributed by atoms with Crippen LogP contribution in [-0.4, -0.2) is 19.9 Å². The van der Waals surface area contributed by atoms with E-state index >= 15 is 0 Å². The maximum absolute atomic E-state index is 5.47. The molecule has 0 spiro atoms. The van der Waals surface area contributed by atoms with Crippen LogP contribution in [0.25, 0.3) is 0 Å². The third kappa shape index (κ3) is 1.89. The first kappa shape index (κ1) is 11.9. The molecule has 0 unspecified atom stereocenters. The van der Waals surface area contributed by atoms with Crippen molar-refractivity contribution in [3.63, 3.8) is 0 Å². The van der Waals surface area contributed by atoms with Crippen LogP contribution in [0.1, 0.15) is 0 Å².